The Hall–Kier alpha value is -3.24. The molecular formula is C22H20N4O4S2. The Morgan fingerprint density at radius 3 is 2.56 bits per heavy atom. The van der Waals surface area contributed by atoms with Crippen molar-refractivity contribution in [1.29, 1.82) is 0 Å². The zero-order valence-corrected chi connectivity index (χ0v) is 18.7. The van der Waals surface area contributed by atoms with Crippen molar-refractivity contribution in [2.45, 2.75) is 10.6 Å². The van der Waals surface area contributed by atoms with E-state index in [2.05, 4.69) is 14.9 Å². The van der Waals surface area contributed by atoms with Gasteiger partial charge in [-0.15, -0.1) is 0 Å². The van der Waals surface area contributed by atoms with Crippen molar-refractivity contribution in [2.75, 3.05) is 31.1 Å². The predicted molar refractivity (Wildman–Crippen MR) is 122 cm³/mol. The van der Waals surface area contributed by atoms with Gasteiger partial charge in [0.25, 0.3) is 5.91 Å². The van der Waals surface area contributed by atoms with Crippen LogP contribution in [0.25, 0.3) is 10.3 Å². The van der Waals surface area contributed by atoms with Gasteiger partial charge >= 0.3 is 0 Å². The average molecular weight is 469 g/mol. The lowest BCUT2D eigenvalue weighted by Gasteiger charge is -2.34. The van der Waals surface area contributed by atoms with Crippen molar-refractivity contribution in [3.05, 3.63) is 72.3 Å². The number of furan rings is 1. The summed E-state index contributed by atoms with van der Waals surface area (Å²) >= 11 is 1.53. The van der Waals surface area contributed by atoms with Gasteiger partial charge in [0.15, 0.2) is 20.7 Å². The molecule has 8 nitrogen and oxygen atoms in total. The number of thiazole rings is 1. The molecule has 1 aliphatic rings. The van der Waals surface area contributed by atoms with Gasteiger partial charge in [0.1, 0.15) is 10.3 Å². The standard InChI is InChI=1S/C22H20N4O4S2/c27-21(19-16(8-14-30-19)15-32(28,29)17-5-2-1-3-6-17)25-10-12-26(13-11-25)22-24-18-7-4-9-23-20(18)31-22/h1-9,14H,10-13,15H2. The number of fused-ring (bicyclic) bond motifs is 1. The summed E-state index contributed by atoms with van der Waals surface area (Å²) in [5.41, 5.74) is 1.24. The number of hydrogen-bond donors (Lipinski definition) is 0. The van der Waals surface area contributed by atoms with Crippen LogP contribution in [0.2, 0.25) is 0 Å². The first-order valence-electron chi connectivity index (χ1n) is 10.1. The van der Waals surface area contributed by atoms with Crippen LogP contribution < -0.4 is 4.90 Å². The molecule has 1 amide bonds. The Balaban J connectivity index is 1.28. The monoisotopic (exact) mass is 468 g/mol. The number of hydrogen-bond acceptors (Lipinski definition) is 8. The molecule has 0 atom stereocenters. The lowest BCUT2D eigenvalue weighted by molar-refractivity contribution is 0.0713. The van der Waals surface area contributed by atoms with E-state index in [1.165, 1.54) is 17.6 Å². The number of rotatable bonds is 5. The fourth-order valence-corrected chi connectivity index (χ4v) is 6.03. The molecule has 1 fully saturated rings. The number of benzene rings is 1. The normalized spacial score (nSPS) is 14.8. The third-order valence-electron chi connectivity index (χ3n) is 5.38. The highest BCUT2D eigenvalue weighted by molar-refractivity contribution is 7.90. The molecule has 5 rings (SSSR count). The van der Waals surface area contributed by atoms with Gasteiger partial charge in [-0.2, -0.15) is 0 Å². The molecule has 1 aromatic carbocycles. The summed E-state index contributed by atoms with van der Waals surface area (Å²) in [5.74, 6) is -0.492. The van der Waals surface area contributed by atoms with E-state index in [1.807, 2.05) is 12.1 Å². The molecular weight excluding hydrogens is 448 g/mol. The molecule has 164 valence electrons. The second-order valence-electron chi connectivity index (χ2n) is 7.45. The van der Waals surface area contributed by atoms with Crippen molar-refractivity contribution in [2.24, 2.45) is 0 Å². The predicted octanol–water partition coefficient (Wildman–Crippen LogP) is 3.22. The first kappa shape index (κ1) is 20.7. The smallest absolute Gasteiger partial charge is 0.289 e. The maximum atomic E-state index is 13.1. The van der Waals surface area contributed by atoms with Crippen molar-refractivity contribution in [3.8, 4) is 0 Å². The largest absolute Gasteiger partial charge is 0.459 e. The minimum absolute atomic E-state index is 0.0853. The van der Waals surface area contributed by atoms with Crippen LogP contribution in [0.3, 0.4) is 0 Å². The number of amides is 1. The Bertz CT molecular complexity index is 1320. The first-order valence-corrected chi connectivity index (χ1v) is 12.6. The van der Waals surface area contributed by atoms with Gasteiger partial charge in [-0.1, -0.05) is 29.5 Å². The summed E-state index contributed by atoms with van der Waals surface area (Å²) in [7, 11) is -3.58. The number of anilines is 1. The van der Waals surface area contributed by atoms with E-state index < -0.39 is 9.84 Å². The zero-order chi connectivity index (χ0) is 22.1. The van der Waals surface area contributed by atoms with Gasteiger partial charge in [-0.25, -0.2) is 18.4 Å². The average Bonchev–Trinajstić information content (AvgIpc) is 3.46. The molecule has 32 heavy (non-hydrogen) atoms. The number of piperazine rings is 1. The Labute approximate surface area is 189 Å². The lowest BCUT2D eigenvalue weighted by Crippen LogP contribution is -2.48. The minimum Gasteiger partial charge on any atom is -0.459 e. The topological polar surface area (TPSA) is 96.6 Å². The van der Waals surface area contributed by atoms with Gasteiger partial charge in [-0.3, -0.25) is 4.79 Å². The van der Waals surface area contributed by atoms with E-state index in [0.717, 1.165) is 15.5 Å². The highest BCUT2D eigenvalue weighted by Gasteiger charge is 2.29. The molecule has 1 saturated heterocycles. The van der Waals surface area contributed by atoms with Gasteiger partial charge in [0.2, 0.25) is 0 Å². The van der Waals surface area contributed by atoms with Crippen LogP contribution in [-0.4, -0.2) is 55.4 Å². The SMILES string of the molecule is O=C(c1occc1CS(=O)(=O)c1ccccc1)N1CCN(c2nc3cccnc3s2)CC1. The van der Waals surface area contributed by atoms with Crippen molar-refractivity contribution in [3.63, 3.8) is 0 Å². The lowest BCUT2D eigenvalue weighted by atomic mass is 10.2. The summed E-state index contributed by atoms with van der Waals surface area (Å²) in [6, 6.07) is 13.6. The van der Waals surface area contributed by atoms with Crippen molar-refractivity contribution in [1.82, 2.24) is 14.9 Å². The van der Waals surface area contributed by atoms with Crippen LogP contribution in [0.4, 0.5) is 5.13 Å². The molecule has 0 spiro atoms. The number of aromatic nitrogens is 2. The molecule has 4 aromatic rings. The number of carbonyl (C=O) groups is 1. The van der Waals surface area contributed by atoms with Crippen molar-refractivity contribution >= 4 is 42.6 Å². The number of nitrogens with zero attached hydrogens (tertiary/aromatic N) is 4. The summed E-state index contributed by atoms with van der Waals surface area (Å²) in [5, 5.41) is 0.887. The van der Waals surface area contributed by atoms with Crippen LogP contribution in [0.15, 0.2) is 70.3 Å². The molecule has 4 heterocycles. The quantitative estimate of drug-likeness (QED) is 0.444. The molecule has 0 unspecified atom stereocenters. The fourth-order valence-electron chi connectivity index (χ4n) is 3.69. The molecule has 10 heteroatoms. The molecule has 3 aromatic heterocycles. The van der Waals surface area contributed by atoms with E-state index >= 15 is 0 Å². The summed E-state index contributed by atoms with van der Waals surface area (Å²) in [6.45, 7) is 2.25. The highest BCUT2D eigenvalue weighted by Crippen LogP contribution is 2.28. The van der Waals surface area contributed by atoms with Gasteiger partial charge in [-0.05, 0) is 30.3 Å². The van der Waals surface area contributed by atoms with E-state index in [0.29, 0.717) is 31.7 Å². The third kappa shape index (κ3) is 3.98. The molecule has 0 radical (unpaired) electrons. The molecule has 0 N–H and O–H groups in total. The Kier molecular flexibility index (Phi) is 5.40. The van der Waals surface area contributed by atoms with E-state index in [1.54, 1.807) is 47.5 Å². The van der Waals surface area contributed by atoms with Crippen LogP contribution >= 0.6 is 11.3 Å². The maximum absolute atomic E-state index is 13.1. The summed E-state index contributed by atoms with van der Waals surface area (Å²) in [4.78, 5) is 27.0. The number of pyridine rings is 1. The molecule has 0 bridgehead atoms. The van der Waals surface area contributed by atoms with E-state index in [4.69, 9.17) is 4.42 Å². The fraction of sp³-hybridized carbons (Fsp3) is 0.227. The molecule has 0 saturated carbocycles. The molecule has 0 aliphatic carbocycles. The van der Waals surface area contributed by atoms with Crippen LogP contribution in [0.1, 0.15) is 16.1 Å². The minimum atomic E-state index is -3.58. The Morgan fingerprint density at radius 1 is 1.03 bits per heavy atom. The molecule has 1 aliphatic heterocycles. The van der Waals surface area contributed by atoms with Crippen LogP contribution in [-0.2, 0) is 15.6 Å². The van der Waals surface area contributed by atoms with Crippen LogP contribution in [0.5, 0.6) is 0 Å². The second kappa shape index (κ2) is 8.36. The van der Waals surface area contributed by atoms with Crippen LogP contribution in [0, 0.1) is 0 Å². The van der Waals surface area contributed by atoms with Gasteiger partial charge in [0.05, 0.1) is 16.9 Å². The Morgan fingerprint density at radius 2 is 1.81 bits per heavy atom. The third-order valence-corrected chi connectivity index (χ3v) is 8.10. The van der Waals surface area contributed by atoms with Crippen molar-refractivity contribution < 1.29 is 17.6 Å². The highest BCUT2D eigenvalue weighted by atomic mass is 32.2. The maximum Gasteiger partial charge on any atom is 0.289 e. The summed E-state index contributed by atoms with van der Waals surface area (Å²) in [6.07, 6.45) is 3.12. The van der Waals surface area contributed by atoms with Gasteiger partial charge in [0, 0.05) is 37.9 Å². The van der Waals surface area contributed by atoms with E-state index in [-0.39, 0.29) is 22.3 Å². The van der Waals surface area contributed by atoms with Gasteiger partial charge < -0.3 is 14.2 Å². The zero-order valence-electron chi connectivity index (χ0n) is 17.0. The second-order valence-corrected chi connectivity index (χ2v) is 10.4. The number of carbonyl (C=O) groups excluding carboxylic acids is 1. The van der Waals surface area contributed by atoms with E-state index in [9.17, 15) is 13.2 Å². The summed E-state index contributed by atoms with van der Waals surface area (Å²) < 4.78 is 30.9. The number of sulfone groups is 1. The first-order chi connectivity index (χ1) is 15.5.